The van der Waals surface area contributed by atoms with Crippen LogP contribution >= 0.6 is 0 Å². The number of hydrogen-bond acceptors (Lipinski definition) is 6. The molecule has 17 heavy (non-hydrogen) atoms. The fraction of sp³-hybridized carbons (Fsp3) is 0.333. The molecule has 8 nitrogen and oxygen atoms in total. The summed E-state index contributed by atoms with van der Waals surface area (Å²) < 4.78 is 6.06. The lowest BCUT2D eigenvalue weighted by atomic mass is 10.4. The van der Waals surface area contributed by atoms with Crippen molar-refractivity contribution in [3.63, 3.8) is 0 Å². The molecule has 0 radical (unpaired) electrons. The van der Waals surface area contributed by atoms with Gasteiger partial charge < -0.3 is 11.1 Å². The highest BCUT2D eigenvalue weighted by Crippen LogP contribution is 2.11. The summed E-state index contributed by atoms with van der Waals surface area (Å²) in [5.74, 6) is -0.130. The highest BCUT2D eigenvalue weighted by atomic mass is 16.6. The van der Waals surface area contributed by atoms with Crippen molar-refractivity contribution in [1.82, 2.24) is 20.1 Å². The van der Waals surface area contributed by atoms with E-state index in [0.717, 1.165) is 0 Å². The summed E-state index contributed by atoms with van der Waals surface area (Å²) in [5, 5.41) is 13.4. The van der Waals surface area contributed by atoms with Crippen LogP contribution in [0.3, 0.4) is 0 Å². The highest BCUT2D eigenvalue weighted by Gasteiger charge is 2.17. The number of nitrogen functional groups attached to an aromatic ring is 1. The van der Waals surface area contributed by atoms with Crippen LogP contribution < -0.4 is 11.1 Å². The van der Waals surface area contributed by atoms with Gasteiger partial charge in [-0.2, -0.15) is 5.10 Å². The van der Waals surface area contributed by atoms with Gasteiger partial charge in [0.15, 0.2) is 5.82 Å². The van der Waals surface area contributed by atoms with Crippen molar-refractivity contribution < 1.29 is 9.42 Å². The molecule has 0 unspecified atom stereocenters. The van der Waals surface area contributed by atoms with Crippen molar-refractivity contribution >= 4 is 17.5 Å². The molecule has 3 N–H and O–H groups in total. The molecule has 0 saturated heterocycles. The molecule has 0 aliphatic carbocycles. The van der Waals surface area contributed by atoms with Crippen molar-refractivity contribution in [2.45, 2.75) is 19.9 Å². The molecule has 2 rings (SSSR count). The minimum atomic E-state index is -0.502. The van der Waals surface area contributed by atoms with Crippen molar-refractivity contribution in [3.05, 3.63) is 18.0 Å². The van der Waals surface area contributed by atoms with E-state index < -0.39 is 5.91 Å². The van der Waals surface area contributed by atoms with Gasteiger partial charge in [0.1, 0.15) is 0 Å². The number of rotatable bonds is 3. The van der Waals surface area contributed by atoms with Gasteiger partial charge in [0, 0.05) is 18.3 Å². The minimum absolute atomic E-state index is 0.0502. The second-order valence-electron chi connectivity index (χ2n) is 3.73. The van der Waals surface area contributed by atoms with Gasteiger partial charge in [-0.25, -0.2) is 4.63 Å². The zero-order valence-electron chi connectivity index (χ0n) is 9.41. The van der Waals surface area contributed by atoms with Crippen LogP contribution in [0.4, 0.5) is 11.6 Å². The molecule has 2 heterocycles. The lowest BCUT2D eigenvalue weighted by molar-refractivity contribution is 0.101. The van der Waals surface area contributed by atoms with E-state index >= 15 is 0 Å². The summed E-state index contributed by atoms with van der Waals surface area (Å²) in [7, 11) is 0. The van der Waals surface area contributed by atoms with Gasteiger partial charge in [0.25, 0.3) is 5.91 Å². The minimum Gasteiger partial charge on any atom is -0.379 e. The molecule has 2 aromatic heterocycles. The van der Waals surface area contributed by atoms with Gasteiger partial charge in [-0.1, -0.05) is 0 Å². The SMILES string of the molecule is CC(C)n1ccc(NC(=O)c2nonc2N)n1. The number of anilines is 2. The molecule has 0 aliphatic rings. The Bertz CT molecular complexity index is 529. The predicted octanol–water partition coefficient (Wildman–Crippen LogP) is 0.681. The second kappa shape index (κ2) is 4.24. The molecule has 2 aromatic rings. The quantitative estimate of drug-likeness (QED) is 0.810. The van der Waals surface area contributed by atoms with E-state index in [1.54, 1.807) is 16.9 Å². The number of nitrogens with zero attached hydrogens (tertiary/aromatic N) is 4. The molecule has 8 heteroatoms. The third kappa shape index (κ3) is 2.25. The molecule has 0 saturated carbocycles. The van der Waals surface area contributed by atoms with E-state index in [0.29, 0.717) is 5.82 Å². The maximum atomic E-state index is 11.7. The predicted molar refractivity (Wildman–Crippen MR) is 59.3 cm³/mol. The van der Waals surface area contributed by atoms with E-state index in [4.69, 9.17) is 5.73 Å². The summed E-state index contributed by atoms with van der Waals surface area (Å²) in [6, 6.07) is 1.90. The molecule has 0 fully saturated rings. The summed E-state index contributed by atoms with van der Waals surface area (Å²) in [6.07, 6.45) is 1.77. The third-order valence-corrected chi connectivity index (χ3v) is 2.11. The first kappa shape index (κ1) is 11.1. The summed E-state index contributed by atoms with van der Waals surface area (Å²) in [5.41, 5.74) is 5.34. The number of carbonyl (C=O) groups excluding carboxylic acids is 1. The van der Waals surface area contributed by atoms with Crippen LogP contribution in [0.1, 0.15) is 30.4 Å². The molecule has 0 aliphatic heterocycles. The van der Waals surface area contributed by atoms with Crippen LogP contribution in [0, 0.1) is 0 Å². The first-order valence-corrected chi connectivity index (χ1v) is 5.02. The number of hydrogen-bond donors (Lipinski definition) is 2. The van der Waals surface area contributed by atoms with Crippen LogP contribution in [-0.2, 0) is 0 Å². The molecule has 1 amide bonds. The van der Waals surface area contributed by atoms with E-state index in [1.165, 1.54) is 0 Å². The van der Waals surface area contributed by atoms with Gasteiger partial charge in [0.2, 0.25) is 11.5 Å². The van der Waals surface area contributed by atoms with Gasteiger partial charge in [-0.3, -0.25) is 9.48 Å². The fourth-order valence-electron chi connectivity index (χ4n) is 1.22. The van der Waals surface area contributed by atoms with E-state index in [2.05, 4.69) is 25.4 Å². The lowest BCUT2D eigenvalue weighted by Crippen LogP contribution is -2.15. The van der Waals surface area contributed by atoms with Crippen LogP contribution in [0.25, 0.3) is 0 Å². The zero-order chi connectivity index (χ0) is 12.4. The molecular formula is C9H12N6O2. The number of amides is 1. The summed E-state index contributed by atoms with van der Waals surface area (Å²) in [6.45, 7) is 3.97. The summed E-state index contributed by atoms with van der Waals surface area (Å²) in [4.78, 5) is 11.7. The van der Waals surface area contributed by atoms with Gasteiger partial charge >= 0.3 is 0 Å². The Kier molecular flexibility index (Phi) is 2.77. The molecule has 0 spiro atoms. The lowest BCUT2D eigenvalue weighted by Gasteiger charge is -2.03. The van der Waals surface area contributed by atoms with Crippen LogP contribution in [0.15, 0.2) is 16.9 Å². The topological polar surface area (TPSA) is 112 Å². The second-order valence-corrected chi connectivity index (χ2v) is 3.73. The number of aromatic nitrogens is 4. The molecule has 90 valence electrons. The number of nitrogens with two attached hydrogens (primary N) is 1. The van der Waals surface area contributed by atoms with Crippen molar-refractivity contribution in [3.8, 4) is 0 Å². The van der Waals surface area contributed by atoms with Gasteiger partial charge in [-0.05, 0) is 24.2 Å². The Morgan fingerprint density at radius 2 is 2.29 bits per heavy atom. The average molecular weight is 236 g/mol. The highest BCUT2D eigenvalue weighted by molar-refractivity contribution is 6.04. The number of nitrogens with one attached hydrogen (secondary N) is 1. The standard InChI is InChI=1S/C9H12N6O2/c1-5(2)15-4-3-6(12-15)11-9(16)7-8(10)14-17-13-7/h3-5H,1-2H3,(H2,10,14)(H,11,12,16). The van der Waals surface area contributed by atoms with Crippen LogP contribution in [0.2, 0.25) is 0 Å². The normalized spacial score (nSPS) is 10.8. The van der Waals surface area contributed by atoms with Crippen LogP contribution in [-0.4, -0.2) is 26.0 Å². The molecule has 0 aromatic carbocycles. The van der Waals surface area contributed by atoms with Gasteiger partial charge in [0.05, 0.1) is 0 Å². The van der Waals surface area contributed by atoms with Crippen molar-refractivity contribution in [2.75, 3.05) is 11.1 Å². The smallest absolute Gasteiger partial charge is 0.283 e. The van der Waals surface area contributed by atoms with Crippen molar-refractivity contribution in [2.24, 2.45) is 0 Å². The Balaban J connectivity index is 2.11. The number of carbonyl (C=O) groups is 1. The zero-order valence-corrected chi connectivity index (χ0v) is 9.41. The Morgan fingerprint density at radius 3 is 2.82 bits per heavy atom. The fourth-order valence-corrected chi connectivity index (χ4v) is 1.22. The summed E-state index contributed by atoms with van der Waals surface area (Å²) >= 11 is 0. The molecule has 0 bridgehead atoms. The van der Waals surface area contributed by atoms with E-state index in [9.17, 15) is 4.79 Å². The van der Waals surface area contributed by atoms with E-state index in [1.807, 2.05) is 13.8 Å². The molecule has 0 atom stereocenters. The Labute approximate surface area is 96.7 Å². The van der Waals surface area contributed by atoms with Crippen molar-refractivity contribution in [1.29, 1.82) is 0 Å². The van der Waals surface area contributed by atoms with Gasteiger partial charge in [-0.15, -0.1) is 0 Å². The first-order valence-electron chi connectivity index (χ1n) is 5.02. The first-order chi connectivity index (χ1) is 8.08. The average Bonchev–Trinajstić information content (AvgIpc) is 2.86. The maximum absolute atomic E-state index is 11.7. The largest absolute Gasteiger partial charge is 0.379 e. The third-order valence-electron chi connectivity index (χ3n) is 2.11. The Hall–Kier alpha value is -2.38. The Morgan fingerprint density at radius 1 is 1.53 bits per heavy atom. The van der Waals surface area contributed by atoms with Crippen LogP contribution in [0.5, 0.6) is 0 Å². The monoisotopic (exact) mass is 236 g/mol. The maximum Gasteiger partial charge on any atom is 0.283 e. The molecular weight excluding hydrogens is 224 g/mol. The van der Waals surface area contributed by atoms with E-state index in [-0.39, 0.29) is 17.6 Å².